The van der Waals surface area contributed by atoms with Gasteiger partial charge >= 0.3 is 5.97 Å². The number of hydrogen-bond acceptors (Lipinski definition) is 5. The molecule has 1 aromatic heterocycles. The number of pyridine rings is 1. The number of ether oxygens (including phenoxy) is 1. The molecular weight excluding hydrogens is 270 g/mol. The standard InChI is InChI=1S/C15H21N3O3/c1-10(9-13(19)20)14(16)11-5-4-7-17-15(11)18-12-6-2-3-8-21-12/h4-5,7,9,12,14H,2-3,6,8,16H2,1H3,(H,17,18)(H,19,20)/b10-9+. The second-order valence-electron chi connectivity index (χ2n) is 5.15. The SMILES string of the molecule is C/C(=C\C(=O)O)C(N)c1cccnc1NC1CCCCO1. The van der Waals surface area contributed by atoms with E-state index in [2.05, 4.69) is 10.3 Å². The number of aromatic nitrogens is 1. The number of aliphatic carboxylic acids is 1. The van der Waals surface area contributed by atoms with E-state index in [1.165, 1.54) is 0 Å². The molecule has 21 heavy (non-hydrogen) atoms. The van der Waals surface area contributed by atoms with E-state index in [1.807, 2.05) is 6.07 Å². The van der Waals surface area contributed by atoms with Crippen LogP contribution in [0.4, 0.5) is 5.82 Å². The van der Waals surface area contributed by atoms with Crippen LogP contribution < -0.4 is 11.1 Å². The van der Waals surface area contributed by atoms with Crippen LogP contribution in [0.25, 0.3) is 0 Å². The predicted molar refractivity (Wildman–Crippen MR) is 79.8 cm³/mol. The molecule has 0 amide bonds. The van der Waals surface area contributed by atoms with Crippen molar-refractivity contribution in [3.8, 4) is 0 Å². The number of nitrogens with one attached hydrogen (secondary N) is 1. The summed E-state index contributed by atoms with van der Waals surface area (Å²) in [5, 5.41) is 12.1. The number of hydrogen-bond donors (Lipinski definition) is 3. The van der Waals surface area contributed by atoms with Crippen molar-refractivity contribution in [1.29, 1.82) is 0 Å². The Labute approximate surface area is 124 Å². The van der Waals surface area contributed by atoms with Crippen LogP contribution >= 0.6 is 0 Å². The zero-order chi connectivity index (χ0) is 15.2. The lowest BCUT2D eigenvalue weighted by molar-refractivity contribution is -0.131. The van der Waals surface area contributed by atoms with Crippen LogP contribution in [0.2, 0.25) is 0 Å². The van der Waals surface area contributed by atoms with Gasteiger partial charge in [-0.15, -0.1) is 0 Å². The first-order chi connectivity index (χ1) is 10.1. The van der Waals surface area contributed by atoms with Gasteiger partial charge in [-0.05, 0) is 37.8 Å². The molecule has 2 rings (SSSR count). The van der Waals surface area contributed by atoms with E-state index in [0.29, 0.717) is 11.4 Å². The molecule has 0 aliphatic carbocycles. The summed E-state index contributed by atoms with van der Waals surface area (Å²) < 4.78 is 5.64. The topological polar surface area (TPSA) is 97.5 Å². The Morgan fingerprint density at radius 3 is 3.10 bits per heavy atom. The lowest BCUT2D eigenvalue weighted by Crippen LogP contribution is -2.29. The molecule has 0 aromatic carbocycles. The van der Waals surface area contributed by atoms with Crippen molar-refractivity contribution in [2.45, 2.75) is 38.5 Å². The fraction of sp³-hybridized carbons (Fsp3) is 0.467. The lowest BCUT2D eigenvalue weighted by Gasteiger charge is -2.26. The van der Waals surface area contributed by atoms with Crippen LogP contribution in [0.1, 0.15) is 37.8 Å². The Hall–Kier alpha value is -1.92. The maximum atomic E-state index is 10.8. The molecule has 1 aromatic rings. The minimum atomic E-state index is -1.00. The third kappa shape index (κ3) is 4.27. The third-order valence-electron chi connectivity index (χ3n) is 3.49. The second-order valence-corrected chi connectivity index (χ2v) is 5.15. The van der Waals surface area contributed by atoms with Gasteiger partial charge in [0.1, 0.15) is 12.0 Å². The van der Waals surface area contributed by atoms with E-state index in [-0.39, 0.29) is 6.23 Å². The summed E-state index contributed by atoms with van der Waals surface area (Å²) in [7, 11) is 0. The van der Waals surface area contributed by atoms with Gasteiger partial charge in [0.25, 0.3) is 0 Å². The fourth-order valence-corrected chi connectivity index (χ4v) is 2.33. The van der Waals surface area contributed by atoms with Crippen LogP contribution in [-0.4, -0.2) is 28.9 Å². The molecule has 2 heterocycles. The number of nitrogens with zero attached hydrogens (tertiary/aromatic N) is 1. The summed E-state index contributed by atoms with van der Waals surface area (Å²) in [5.74, 6) is -0.355. The van der Waals surface area contributed by atoms with Crippen molar-refractivity contribution in [1.82, 2.24) is 4.98 Å². The Morgan fingerprint density at radius 2 is 2.43 bits per heavy atom. The Morgan fingerprint density at radius 1 is 1.62 bits per heavy atom. The van der Waals surface area contributed by atoms with Crippen molar-refractivity contribution in [2.24, 2.45) is 5.73 Å². The van der Waals surface area contributed by atoms with Gasteiger partial charge in [0.05, 0.1) is 6.04 Å². The average molecular weight is 291 g/mol. The normalized spacial score (nSPS) is 20.9. The van der Waals surface area contributed by atoms with Gasteiger partial charge < -0.3 is 20.9 Å². The smallest absolute Gasteiger partial charge is 0.328 e. The minimum absolute atomic E-state index is 0.0663. The molecule has 1 aliphatic rings. The van der Waals surface area contributed by atoms with Crippen molar-refractivity contribution in [2.75, 3.05) is 11.9 Å². The van der Waals surface area contributed by atoms with Gasteiger partial charge in [0.2, 0.25) is 0 Å². The molecule has 0 bridgehead atoms. The third-order valence-corrected chi connectivity index (χ3v) is 3.49. The summed E-state index contributed by atoms with van der Waals surface area (Å²) >= 11 is 0. The quantitative estimate of drug-likeness (QED) is 0.718. The van der Waals surface area contributed by atoms with Gasteiger partial charge in [-0.25, -0.2) is 9.78 Å². The zero-order valence-electron chi connectivity index (χ0n) is 12.1. The van der Waals surface area contributed by atoms with Crippen molar-refractivity contribution in [3.05, 3.63) is 35.5 Å². The van der Waals surface area contributed by atoms with E-state index in [4.69, 9.17) is 15.6 Å². The summed E-state index contributed by atoms with van der Waals surface area (Å²) in [6, 6.07) is 3.12. The highest BCUT2D eigenvalue weighted by molar-refractivity contribution is 5.81. The highest BCUT2D eigenvalue weighted by atomic mass is 16.5. The van der Waals surface area contributed by atoms with E-state index in [0.717, 1.165) is 37.5 Å². The van der Waals surface area contributed by atoms with Crippen molar-refractivity contribution in [3.63, 3.8) is 0 Å². The van der Waals surface area contributed by atoms with Crippen LogP contribution in [0.15, 0.2) is 30.0 Å². The summed E-state index contributed by atoms with van der Waals surface area (Å²) in [4.78, 5) is 15.1. The maximum absolute atomic E-state index is 10.8. The fourth-order valence-electron chi connectivity index (χ4n) is 2.33. The van der Waals surface area contributed by atoms with Crippen LogP contribution in [-0.2, 0) is 9.53 Å². The number of carbonyl (C=O) groups is 1. The first kappa shape index (κ1) is 15.5. The first-order valence-corrected chi connectivity index (χ1v) is 7.07. The molecule has 6 heteroatoms. The van der Waals surface area contributed by atoms with Crippen LogP contribution in [0.5, 0.6) is 0 Å². The van der Waals surface area contributed by atoms with Gasteiger partial charge in [0.15, 0.2) is 0 Å². The summed E-state index contributed by atoms with van der Waals surface area (Å²) in [6.07, 6.45) is 5.85. The Balaban J connectivity index is 2.17. The molecule has 0 saturated carbocycles. The second kappa shape index (κ2) is 7.19. The lowest BCUT2D eigenvalue weighted by atomic mass is 10.0. The van der Waals surface area contributed by atoms with Crippen LogP contribution in [0.3, 0.4) is 0 Å². The van der Waals surface area contributed by atoms with Gasteiger partial charge in [-0.1, -0.05) is 6.07 Å². The molecule has 1 aliphatic heterocycles. The molecule has 0 radical (unpaired) electrons. The number of rotatable bonds is 5. The molecule has 0 spiro atoms. The highest BCUT2D eigenvalue weighted by Gasteiger charge is 2.19. The zero-order valence-corrected chi connectivity index (χ0v) is 12.1. The molecule has 2 unspecified atom stereocenters. The Bertz CT molecular complexity index is 525. The Kier molecular flexibility index (Phi) is 5.30. The first-order valence-electron chi connectivity index (χ1n) is 7.07. The highest BCUT2D eigenvalue weighted by Crippen LogP contribution is 2.26. The van der Waals surface area contributed by atoms with Gasteiger partial charge in [-0.3, -0.25) is 0 Å². The molecule has 1 fully saturated rings. The minimum Gasteiger partial charge on any atom is -0.478 e. The molecule has 2 atom stereocenters. The van der Waals surface area contributed by atoms with Gasteiger partial charge in [-0.2, -0.15) is 0 Å². The molecule has 4 N–H and O–H groups in total. The maximum Gasteiger partial charge on any atom is 0.328 e. The average Bonchev–Trinajstić information content (AvgIpc) is 2.47. The number of anilines is 1. The van der Waals surface area contributed by atoms with E-state index in [1.54, 1.807) is 19.2 Å². The largest absolute Gasteiger partial charge is 0.478 e. The molecule has 1 saturated heterocycles. The van der Waals surface area contributed by atoms with E-state index in [9.17, 15) is 4.79 Å². The molecular formula is C15H21N3O3. The van der Waals surface area contributed by atoms with Gasteiger partial charge in [0, 0.05) is 24.4 Å². The molecule has 6 nitrogen and oxygen atoms in total. The van der Waals surface area contributed by atoms with E-state index < -0.39 is 12.0 Å². The molecule has 114 valence electrons. The van der Waals surface area contributed by atoms with Crippen LogP contribution in [0, 0.1) is 0 Å². The summed E-state index contributed by atoms with van der Waals surface area (Å²) in [6.45, 7) is 2.44. The summed E-state index contributed by atoms with van der Waals surface area (Å²) in [5.41, 5.74) is 7.48. The number of carboxylic acid groups (broad SMARTS) is 1. The van der Waals surface area contributed by atoms with E-state index >= 15 is 0 Å². The predicted octanol–water partition coefficient (Wildman–Crippen LogP) is 2.05. The van der Waals surface area contributed by atoms with Crippen molar-refractivity contribution < 1.29 is 14.6 Å². The number of nitrogens with two attached hydrogens (primary N) is 1. The van der Waals surface area contributed by atoms with Crippen molar-refractivity contribution >= 4 is 11.8 Å². The number of carboxylic acids is 1. The monoisotopic (exact) mass is 291 g/mol.